The molecule has 0 saturated carbocycles. The van der Waals surface area contributed by atoms with Gasteiger partial charge in [-0.3, -0.25) is 20.4 Å². The van der Waals surface area contributed by atoms with Crippen molar-refractivity contribution in [2.45, 2.75) is 19.9 Å². The first-order valence-corrected chi connectivity index (χ1v) is 8.42. The zero-order chi connectivity index (χ0) is 17.7. The normalized spacial score (nSPS) is 11.5. The van der Waals surface area contributed by atoms with E-state index in [1.54, 1.807) is 43.3 Å². The number of hydrazine groups is 1. The number of aryl methyl sites for hydroxylation is 1. The third-order valence-electron chi connectivity index (χ3n) is 3.35. The minimum atomic E-state index is -0.699. The van der Waals surface area contributed by atoms with Crippen LogP contribution in [0.25, 0.3) is 0 Å². The quantitative estimate of drug-likeness (QED) is 0.659. The van der Waals surface area contributed by atoms with Crippen LogP contribution in [0.5, 0.6) is 0 Å². The molecule has 2 amide bonds. The van der Waals surface area contributed by atoms with E-state index < -0.39 is 6.04 Å². The average Bonchev–Trinajstić information content (AvgIpc) is 2.56. The van der Waals surface area contributed by atoms with E-state index in [0.717, 1.165) is 10.0 Å². The van der Waals surface area contributed by atoms with Crippen molar-refractivity contribution in [3.63, 3.8) is 0 Å². The van der Waals surface area contributed by atoms with Crippen molar-refractivity contribution in [1.82, 2.24) is 10.7 Å². The van der Waals surface area contributed by atoms with Gasteiger partial charge in [0.25, 0.3) is 11.8 Å². The number of hydrogen-bond donors (Lipinski definition) is 3. The standard InChI is InChI=1S/C17H17BrClN3O2/c1-10-3-8-14(9-15(10)19)21-22-16(23)11(2)20-17(24)12-4-6-13(18)7-5-12/h3-9,11,21H,1-2H3,(H,20,24)(H,22,23)/t11-/m1/s1. The molecule has 1 atom stereocenters. The van der Waals surface area contributed by atoms with Gasteiger partial charge in [0, 0.05) is 15.1 Å². The van der Waals surface area contributed by atoms with Crippen molar-refractivity contribution >= 4 is 45.0 Å². The lowest BCUT2D eigenvalue weighted by molar-refractivity contribution is -0.122. The number of amides is 2. The molecule has 2 rings (SSSR count). The molecule has 2 aromatic carbocycles. The molecule has 0 spiro atoms. The molecule has 0 fully saturated rings. The molecule has 7 heteroatoms. The Morgan fingerprint density at radius 3 is 2.42 bits per heavy atom. The number of rotatable bonds is 5. The van der Waals surface area contributed by atoms with Crippen molar-refractivity contribution < 1.29 is 9.59 Å². The largest absolute Gasteiger partial charge is 0.340 e. The zero-order valence-corrected chi connectivity index (χ0v) is 15.5. The molecule has 5 nitrogen and oxygen atoms in total. The third-order valence-corrected chi connectivity index (χ3v) is 4.29. The van der Waals surface area contributed by atoms with Gasteiger partial charge in [-0.25, -0.2) is 0 Å². The topological polar surface area (TPSA) is 70.2 Å². The van der Waals surface area contributed by atoms with Crippen LogP contribution in [0, 0.1) is 6.92 Å². The minimum Gasteiger partial charge on any atom is -0.340 e. The minimum absolute atomic E-state index is 0.316. The Balaban J connectivity index is 1.88. The molecule has 3 N–H and O–H groups in total. The molecule has 0 heterocycles. The Kier molecular flexibility index (Phi) is 6.23. The highest BCUT2D eigenvalue weighted by Gasteiger charge is 2.16. The molecule has 0 aliphatic heterocycles. The Morgan fingerprint density at radius 1 is 1.12 bits per heavy atom. The summed E-state index contributed by atoms with van der Waals surface area (Å²) in [7, 11) is 0. The van der Waals surface area contributed by atoms with Crippen LogP contribution in [0.4, 0.5) is 5.69 Å². The number of carbonyl (C=O) groups excluding carboxylic acids is 2. The van der Waals surface area contributed by atoms with Crippen molar-refractivity contribution in [2.24, 2.45) is 0 Å². The second-order valence-electron chi connectivity index (χ2n) is 5.28. The second-order valence-corrected chi connectivity index (χ2v) is 6.60. The summed E-state index contributed by atoms with van der Waals surface area (Å²) in [6.07, 6.45) is 0. The molecule has 24 heavy (non-hydrogen) atoms. The highest BCUT2D eigenvalue weighted by molar-refractivity contribution is 9.10. The maximum absolute atomic E-state index is 12.1. The van der Waals surface area contributed by atoms with E-state index in [2.05, 4.69) is 32.1 Å². The van der Waals surface area contributed by atoms with Crippen molar-refractivity contribution in [1.29, 1.82) is 0 Å². The van der Waals surface area contributed by atoms with Gasteiger partial charge in [-0.1, -0.05) is 33.6 Å². The van der Waals surface area contributed by atoms with Crippen molar-refractivity contribution in [2.75, 3.05) is 5.43 Å². The maximum atomic E-state index is 12.1. The summed E-state index contributed by atoms with van der Waals surface area (Å²) in [5.74, 6) is -0.680. The lowest BCUT2D eigenvalue weighted by Gasteiger charge is -2.15. The van der Waals surface area contributed by atoms with Crippen LogP contribution in [0.1, 0.15) is 22.8 Å². The van der Waals surface area contributed by atoms with Gasteiger partial charge in [-0.15, -0.1) is 0 Å². The number of halogens is 2. The monoisotopic (exact) mass is 409 g/mol. The predicted octanol–water partition coefficient (Wildman–Crippen LogP) is 3.67. The van der Waals surface area contributed by atoms with Crippen LogP contribution >= 0.6 is 27.5 Å². The number of hydrogen-bond acceptors (Lipinski definition) is 3. The molecule has 0 aliphatic carbocycles. The highest BCUT2D eigenvalue weighted by Crippen LogP contribution is 2.19. The average molecular weight is 411 g/mol. The van der Waals surface area contributed by atoms with E-state index >= 15 is 0 Å². The van der Waals surface area contributed by atoms with Gasteiger partial charge in [0.15, 0.2) is 0 Å². The first-order chi connectivity index (χ1) is 11.4. The van der Waals surface area contributed by atoms with Gasteiger partial charge < -0.3 is 5.32 Å². The fraction of sp³-hybridized carbons (Fsp3) is 0.176. The van der Waals surface area contributed by atoms with Gasteiger partial charge in [0.1, 0.15) is 6.04 Å². The number of carbonyl (C=O) groups is 2. The van der Waals surface area contributed by atoms with Gasteiger partial charge in [-0.05, 0) is 55.8 Å². The van der Waals surface area contributed by atoms with Gasteiger partial charge in [-0.2, -0.15) is 0 Å². The SMILES string of the molecule is Cc1ccc(NNC(=O)[C@@H](C)NC(=O)c2ccc(Br)cc2)cc1Cl. The van der Waals surface area contributed by atoms with E-state index in [4.69, 9.17) is 11.6 Å². The number of benzene rings is 2. The lowest BCUT2D eigenvalue weighted by atomic mass is 10.2. The summed E-state index contributed by atoms with van der Waals surface area (Å²) in [5.41, 5.74) is 7.40. The van der Waals surface area contributed by atoms with Gasteiger partial charge in [0.05, 0.1) is 5.69 Å². The Bertz CT molecular complexity index is 750. The van der Waals surface area contributed by atoms with E-state index in [-0.39, 0.29) is 11.8 Å². The van der Waals surface area contributed by atoms with Crippen molar-refractivity contribution in [3.8, 4) is 0 Å². The highest BCUT2D eigenvalue weighted by atomic mass is 79.9. The molecule has 126 valence electrons. The van der Waals surface area contributed by atoms with Gasteiger partial charge in [0.2, 0.25) is 0 Å². The first-order valence-electron chi connectivity index (χ1n) is 7.25. The third kappa shape index (κ3) is 4.97. The smallest absolute Gasteiger partial charge is 0.260 e. The summed E-state index contributed by atoms with van der Waals surface area (Å²) < 4.78 is 0.880. The first kappa shape index (κ1) is 18.3. The van der Waals surface area contributed by atoms with E-state index in [1.165, 1.54) is 0 Å². The molecular weight excluding hydrogens is 394 g/mol. The van der Waals surface area contributed by atoms with Crippen molar-refractivity contribution in [3.05, 3.63) is 63.1 Å². The van der Waals surface area contributed by atoms with E-state index in [9.17, 15) is 9.59 Å². The fourth-order valence-electron chi connectivity index (χ4n) is 1.86. The number of anilines is 1. The van der Waals surface area contributed by atoms with Crippen LogP contribution in [-0.4, -0.2) is 17.9 Å². The molecule has 0 unspecified atom stereocenters. The molecule has 0 bridgehead atoms. The molecule has 0 aliphatic rings. The fourth-order valence-corrected chi connectivity index (χ4v) is 2.30. The Hall–Kier alpha value is -2.05. The van der Waals surface area contributed by atoms with Gasteiger partial charge >= 0.3 is 0 Å². The molecule has 0 radical (unpaired) electrons. The molecule has 0 saturated heterocycles. The summed E-state index contributed by atoms with van der Waals surface area (Å²) in [6.45, 7) is 3.50. The molecule has 2 aromatic rings. The summed E-state index contributed by atoms with van der Waals surface area (Å²) in [5, 5.41) is 3.24. The summed E-state index contributed by atoms with van der Waals surface area (Å²) in [4.78, 5) is 24.1. The van der Waals surface area contributed by atoms with Crippen LogP contribution in [0.15, 0.2) is 46.9 Å². The zero-order valence-electron chi connectivity index (χ0n) is 13.2. The molecule has 0 aromatic heterocycles. The second kappa shape index (κ2) is 8.17. The van der Waals surface area contributed by atoms with Crippen LogP contribution in [0.3, 0.4) is 0 Å². The Labute approximate surface area is 153 Å². The maximum Gasteiger partial charge on any atom is 0.260 e. The Morgan fingerprint density at radius 2 is 1.79 bits per heavy atom. The lowest BCUT2D eigenvalue weighted by Crippen LogP contribution is -2.46. The summed E-state index contributed by atoms with van der Waals surface area (Å²) >= 11 is 9.33. The molecular formula is C17H17BrClN3O2. The number of nitrogens with one attached hydrogen (secondary N) is 3. The summed E-state index contributed by atoms with van der Waals surface area (Å²) in [6, 6.07) is 11.5. The van der Waals surface area contributed by atoms with E-state index in [1.807, 2.05) is 13.0 Å². The van der Waals surface area contributed by atoms with E-state index in [0.29, 0.717) is 16.3 Å². The van der Waals surface area contributed by atoms with Crippen LogP contribution in [-0.2, 0) is 4.79 Å². The van der Waals surface area contributed by atoms with Crippen LogP contribution < -0.4 is 16.2 Å². The predicted molar refractivity (Wildman–Crippen MR) is 99.0 cm³/mol. The van der Waals surface area contributed by atoms with Crippen LogP contribution in [0.2, 0.25) is 5.02 Å².